The van der Waals surface area contributed by atoms with Gasteiger partial charge in [-0.15, -0.1) is 0 Å². The van der Waals surface area contributed by atoms with Crippen molar-refractivity contribution in [2.45, 2.75) is 57.5 Å². The van der Waals surface area contributed by atoms with Gasteiger partial charge < -0.3 is 9.47 Å². The number of rotatable bonds is 3. The highest BCUT2D eigenvalue weighted by Crippen LogP contribution is 2.21. The van der Waals surface area contributed by atoms with Crippen LogP contribution in [0.5, 0.6) is 0 Å². The molecule has 88 valence electrons. The maximum absolute atomic E-state index is 5.60. The molecule has 1 aliphatic heterocycles. The van der Waals surface area contributed by atoms with Gasteiger partial charge in [0.15, 0.2) is 5.79 Å². The highest BCUT2D eigenvalue weighted by molar-refractivity contribution is 4.71. The maximum Gasteiger partial charge on any atom is 0.162 e. The van der Waals surface area contributed by atoms with E-state index in [1.807, 2.05) is 13.8 Å². The third-order valence-electron chi connectivity index (χ3n) is 2.97. The fraction of sp³-hybridized carbons (Fsp3) is 1.00. The van der Waals surface area contributed by atoms with Gasteiger partial charge >= 0.3 is 0 Å². The van der Waals surface area contributed by atoms with Crippen LogP contribution in [0.15, 0.2) is 0 Å². The molecule has 0 aromatic carbocycles. The molecule has 2 rings (SSSR count). The first-order valence-corrected chi connectivity index (χ1v) is 5.85. The van der Waals surface area contributed by atoms with E-state index in [-0.39, 0.29) is 6.04 Å². The lowest BCUT2D eigenvalue weighted by atomic mass is 10.3. The van der Waals surface area contributed by atoms with Gasteiger partial charge in [-0.05, 0) is 26.7 Å². The van der Waals surface area contributed by atoms with Gasteiger partial charge in [-0.3, -0.25) is 4.84 Å². The molecule has 4 heteroatoms. The second kappa shape index (κ2) is 4.78. The second-order valence-electron chi connectivity index (χ2n) is 4.86. The van der Waals surface area contributed by atoms with Crippen molar-refractivity contribution in [1.82, 2.24) is 5.48 Å². The van der Waals surface area contributed by atoms with Crippen molar-refractivity contribution in [3.05, 3.63) is 0 Å². The summed E-state index contributed by atoms with van der Waals surface area (Å²) in [5.74, 6) is -0.439. The predicted molar refractivity (Wildman–Crippen MR) is 56.2 cm³/mol. The SMILES string of the molecule is CC1(C)OCC(NOC2CCCC2)CO1. The van der Waals surface area contributed by atoms with Crippen LogP contribution in [0.2, 0.25) is 0 Å². The second-order valence-corrected chi connectivity index (χ2v) is 4.86. The molecule has 1 N–H and O–H groups in total. The summed E-state index contributed by atoms with van der Waals surface area (Å²) in [6, 6.07) is 0.165. The van der Waals surface area contributed by atoms with Crippen molar-refractivity contribution >= 4 is 0 Å². The molecular weight excluding hydrogens is 194 g/mol. The Morgan fingerprint density at radius 3 is 2.33 bits per heavy atom. The fourth-order valence-corrected chi connectivity index (χ4v) is 1.96. The molecule has 1 heterocycles. The van der Waals surface area contributed by atoms with Crippen LogP contribution in [0.4, 0.5) is 0 Å². The van der Waals surface area contributed by atoms with Crippen LogP contribution in [0.1, 0.15) is 39.5 Å². The molecule has 1 aliphatic carbocycles. The average Bonchev–Trinajstić information content (AvgIpc) is 2.69. The summed E-state index contributed by atoms with van der Waals surface area (Å²) in [6.45, 7) is 5.17. The molecule has 0 bridgehead atoms. The van der Waals surface area contributed by atoms with E-state index in [4.69, 9.17) is 14.3 Å². The van der Waals surface area contributed by atoms with Crippen molar-refractivity contribution in [2.24, 2.45) is 0 Å². The lowest BCUT2D eigenvalue weighted by molar-refractivity contribution is -0.264. The summed E-state index contributed by atoms with van der Waals surface area (Å²) in [5, 5.41) is 0. The van der Waals surface area contributed by atoms with Crippen molar-refractivity contribution in [3.63, 3.8) is 0 Å². The van der Waals surface area contributed by atoms with E-state index in [2.05, 4.69) is 5.48 Å². The van der Waals surface area contributed by atoms with Crippen LogP contribution < -0.4 is 5.48 Å². The zero-order valence-corrected chi connectivity index (χ0v) is 9.62. The van der Waals surface area contributed by atoms with Gasteiger partial charge in [0.25, 0.3) is 0 Å². The Hall–Kier alpha value is -0.160. The summed E-state index contributed by atoms with van der Waals surface area (Å²) >= 11 is 0. The molecule has 0 aromatic rings. The van der Waals surface area contributed by atoms with Gasteiger partial charge in [0.2, 0.25) is 0 Å². The van der Waals surface area contributed by atoms with E-state index in [0.29, 0.717) is 19.3 Å². The minimum Gasteiger partial charge on any atom is -0.349 e. The molecule has 15 heavy (non-hydrogen) atoms. The monoisotopic (exact) mass is 215 g/mol. The minimum atomic E-state index is -0.439. The Morgan fingerprint density at radius 2 is 1.73 bits per heavy atom. The first kappa shape index (κ1) is 11.3. The minimum absolute atomic E-state index is 0.165. The quantitative estimate of drug-likeness (QED) is 0.726. The number of ether oxygens (including phenoxy) is 2. The third kappa shape index (κ3) is 3.41. The van der Waals surface area contributed by atoms with Crippen molar-refractivity contribution in [2.75, 3.05) is 13.2 Å². The lowest BCUT2D eigenvalue weighted by Gasteiger charge is -2.35. The Labute approximate surface area is 91.2 Å². The summed E-state index contributed by atoms with van der Waals surface area (Å²) in [7, 11) is 0. The Bertz CT molecular complexity index is 192. The van der Waals surface area contributed by atoms with Gasteiger partial charge in [0.05, 0.1) is 25.4 Å². The molecule has 0 aromatic heterocycles. The molecule has 2 fully saturated rings. The van der Waals surface area contributed by atoms with Gasteiger partial charge in [-0.2, -0.15) is 5.48 Å². The van der Waals surface area contributed by atoms with Crippen LogP contribution in [0.3, 0.4) is 0 Å². The molecule has 0 radical (unpaired) electrons. The van der Waals surface area contributed by atoms with Crippen LogP contribution in [0.25, 0.3) is 0 Å². The highest BCUT2D eigenvalue weighted by atomic mass is 16.7. The summed E-state index contributed by atoms with van der Waals surface area (Å²) in [5.41, 5.74) is 3.05. The van der Waals surface area contributed by atoms with Gasteiger partial charge in [-0.25, -0.2) is 0 Å². The van der Waals surface area contributed by atoms with E-state index < -0.39 is 5.79 Å². The van der Waals surface area contributed by atoms with Gasteiger partial charge in [-0.1, -0.05) is 12.8 Å². The molecule has 0 amide bonds. The first-order chi connectivity index (χ1) is 7.16. The van der Waals surface area contributed by atoms with Crippen LogP contribution >= 0.6 is 0 Å². The first-order valence-electron chi connectivity index (χ1n) is 5.85. The number of hydroxylamine groups is 1. The zero-order valence-electron chi connectivity index (χ0n) is 9.62. The van der Waals surface area contributed by atoms with E-state index in [1.54, 1.807) is 0 Å². The summed E-state index contributed by atoms with van der Waals surface area (Å²) in [6.07, 6.45) is 5.31. The van der Waals surface area contributed by atoms with E-state index in [1.165, 1.54) is 25.7 Å². The van der Waals surface area contributed by atoms with Gasteiger partial charge in [0.1, 0.15) is 0 Å². The normalized spacial score (nSPS) is 28.4. The van der Waals surface area contributed by atoms with Crippen molar-refractivity contribution in [1.29, 1.82) is 0 Å². The molecular formula is C11H21NO3. The third-order valence-corrected chi connectivity index (χ3v) is 2.97. The molecule has 0 spiro atoms. The predicted octanol–water partition coefficient (Wildman–Crippen LogP) is 1.60. The van der Waals surface area contributed by atoms with Crippen molar-refractivity contribution < 1.29 is 14.3 Å². The zero-order chi connectivity index (χ0) is 10.7. The Balaban J connectivity index is 1.64. The van der Waals surface area contributed by atoms with E-state index >= 15 is 0 Å². The molecule has 2 aliphatic rings. The van der Waals surface area contributed by atoms with E-state index in [9.17, 15) is 0 Å². The van der Waals surface area contributed by atoms with Crippen LogP contribution in [0, 0.1) is 0 Å². The van der Waals surface area contributed by atoms with Crippen LogP contribution in [-0.4, -0.2) is 31.1 Å². The lowest BCUT2D eigenvalue weighted by Crippen LogP contribution is -2.49. The highest BCUT2D eigenvalue weighted by Gasteiger charge is 2.29. The summed E-state index contributed by atoms with van der Waals surface area (Å²) in [4.78, 5) is 5.60. The van der Waals surface area contributed by atoms with Crippen LogP contribution in [-0.2, 0) is 14.3 Å². The topological polar surface area (TPSA) is 39.7 Å². The summed E-state index contributed by atoms with van der Waals surface area (Å²) < 4.78 is 11.1. The standard InChI is InChI=1S/C11H21NO3/c1-11(2)13-7-9(8-14-11)12-15-10-5-3-4-6-10/h9-10,12H,3-8H2,1-2H3. The largest absolute Gasteiger partial charge is 0.349 e. The van der Waals surface area contributed by atoms with Crippen molar-refractivity contribution in [3.8, 4) is 0 Å². The van der Waals surface area contributed by atoms with Gasteiger partial charge in [0, 0.05) is 0 Å². The molecule has 1 saturated heterocycles. The van der Waals surface area contributed by atoms with E-state index in [0.717, 1.165) is 0 Å². The molecule has 0 atom stereocenters. The smallest absolute Gasteiger partial charge is 0.162 e. The average molecular weight is 215 g/mol. The number of hydrogen-bond acceptors (Lipinski definition) is 4. The Kier molecular flexibility index (Phi) is 3.61. The molecule has 4 nitrogen and oxygen atoms in total. The fourth-order valence-electron chi connectivity index (χ4n) is 1.96. The number of nitrogens with one attached hydrogen (secondary N) is 1. The maximum atomic E-state index is 5.60. The molecule has 1 saturated carbocycles. The Morgan fingerprint density at radius 1 is 1.13 bits per heavy atom. The number of hydrogen-bond donors (Lipinski definition) is 1. The molecule has 0 unspecified atom stereocenters.